The zero-order valence-electron chi connectivity index (χ0n) is 11.2. The molecular formula is C13H24N2O2. The number of nitrogens with one attached hydrogen (secondary N) is 2. The van der Waals surface area contributed by atoms with E-state index in [-0.39, 0.29) is 29.4 Å². The van der Waals surface area contributed by atoms with Crippen LogP contribution in [-0.4, -0.2) is 38.3 Å². The summed E-state index contributed by atoms with van der Waals surface area (Å²) in [6, 6.07) is 0.257. The lowest BCUT2D eigenvalue weighted by Gasteiger charge is -2.51. The molecule has 0 aromatic rings. The second-order valence-corrected chi connectivity index (χ2v) is 6.08. The van der Waals surface area contributed by atoms with Crippen molar-refractivity contribution < 1.29 is 9.53 Å². The second kappa shape index (κ2) is 4.58. The van der Waals surface area contributed by atoms with Gasteiger partial charge in [-0.3, -0.25) is 4.79 Å². The Morgan fingerprint density at radius 1 is 1.41 bits per heavy atom. The number of methoxy groups -OCH3 is 1. The maximum absolute atomic E-state index is 12.1. The van der Waals surface area contributed by atoms with Crippen LogP contribution in [0.25, 0.3) is 0 Å². The third kappa shape index (κ3) is 2.20. The first-order valence-corrected chi connectivity index (χ1v) is 6.50. The highest BCUT2D eigenvalue weighted by Gasteiger charge is 2.49. The molecule has 0 spiro atoms. The molecule has 1 amide bonds. The van der Waals surface area contributed by atoms with Crippen LogP contribution in [0, 0.1) is 17.3 Å². The molecule has 2 aliphatic rings. The van der Waals surface area contributed by atoms with Crippen LogP contribution < -0.4 is 10.6 Å². The molecule has 1 aliphatic heterocycles. The summed E-state index contributed by atoms with van der Waals surface area (Å²) in [6.07, 6.45) is 1.20. The molecule has 2 fully saturated rings. The minimum atomic E-state index is 0.0552. The zero-order valence-corrected chi connectivity index (χ0v) is 11.2. The largest absolute Gasteiger partial charge is 0.381 e. The van der Waals surface area contributed by atoms with Crippen LogP contribution in [-0.2, 0) is 9.53 Å². The quantitative estimate of drug-likeness (QED) is 0.766. The van der Waals surface area contributed by atoms with E-state index in [4.69, 9.17) is 4.74 Å². The Balaban J connectivity index is 1.88. The van der Waals surface area contributed by atoms with Gasteiger partial charge in [0.05, 0.1) is 12.0 Å². The number of hydrogen-bond acceptors (Lipinski definition) is 3. The van der Waals surface area contributed by atoms with Gasteiger partial charge in [-0.1, -0.05) is 20.8 Å². The van der Waals surface area contributed by atoms with E-state index in [1.807, 2.05) is 0 Å². The maximum atomic E-state index is 12.1. The van der Waals surface area contributed by atoms with E-state index in [0.717, 1.165) is 19.5 Å². The standard InChI is InChI=1S/C13H24N2O2/c1-8-6-14-7-9(8)12(16)15-10-5-11(17-4)13(10,2)3/h8-11,14H,5-7H2,1-4H3,(H,15,16)/t8-,9-,10?,11?/m1/s1. The third-order valence-corrected chi connectivity index (χ3v) is 4.63. The van der Waals surface area contributed by atoms with Gasteiger partial charge in [0.2, 0.25) is 5.91 Å². The molecule has 2 rings (SSSR count). The molecule has 0 radical (unpaired) electrons. The maximum Gasteiger partial charge on any atom is 0.224 e. The number of hydrogen-bond donors (Lipinski definition) is 2. The van der Waals surface area contributed by atoms with E-state index >= 15 is 0 Å². The lowest BCUT2D eigenvalue weighted by atomic mass is 9.64. The van der Waals surface area contributed by atoms with Crippen molar-refractivity contribution in [2.75, 3.05) is 20.2 Å². The molecule has 1 saturated heterocycles. The summed E-state index contributed by atoms with van der Waals surface area (Å²) in [4.78, 5) is 12.1. The van der Waals surface area contributed by atoms with E-state index in [9.17, 15) is 4.79 Å². The van der Waals surface area contributed by atoms with Gasteiger partial charge in [0.25, 0.3) is 0 Å². The van der Waals surface area contributed by atoms with E-state index < -0.39 is 0 Å². The summed E-state index contributed by atoms with van der Waals surface area (Å²) >= 11 is 0. The number of carbonyl (C=O) groups is 1. The number of ether oxygens (including phenoxy) is 1. The van der Waals surface area contributed by atoms with Crippen molar-refractivity contribution in [3.05, 3.63) is 0 Å². The predicted octanol–water partition coefficient (Wildman–Crippen LogP) is 0.772. The molecule has 1 saturated carbocycles. The Morgan fingerprint density at radius 3 is 2.59 bits per heavy atom. The predicted molar refractivity (Wildman–Crippen MR) is 66.6 cm³/mol. The van der Waals surface area contributed by atoms with Gasteiger partial charge in [-0.25, -0.2) is 0 Å². The first-order chi connectivity index (χ1) is 7.96. The Morgan fingerprint density at radius 2 is 2.12 bits per heavy atom. The Hall–Kier alpha value is -0.610. The molecule has 4 nitrogen and oxygen atoms in total. The smallest absolute Gasteiger partial charge is 0.224 e. The zero-order chi connectivity index (χ0) is 12.6. The van der Waals surface area contributed by atoms with E-state index in [1.165, 1.54) is 0 Å². The molecule has 2 N–H and O–H groups in total. The number of amides is 1. The highest BCUT2D eigenvalue weighted by Crippen LogP contribution is 2.42. The van der Waals surface area contributed by atoms with Crippen molar-refractivity contribution in [1.29, 1.82) is 0 Å². The van der Waals surface area contributed by atoms with Crippen molar-refractivity contribution >= 4 is 5.91 Å². The summed E-state index contributed by atoms with van der Waals surface area (Å²) < 4.78 is 5.40. The minimum absolute atomic E-state index is 0.0552. The van der Waals surface area contributed by atoms with Gasteiger partial charge in [0.1, 0.15) is 0 Å². The lowest BCUT2D eigenvalue weighted by Crippen LogP contribution is -2.62. The summed E-state index contributed by atoms with van der Waals surface area (Å²) in [7, 11) is 1.74. The van der Waals surface area contributed by atoms with E-state index in [1.54, 1.807) is 7.11 Å². The van der Waals surface area contributed by atoms with Gasteiger partial charge in [-0.05, 0) is 18.9 Å². The molecule has 4 heteroatoms. The van der Waals surface area contributed by atoms with Crippen LogP contribution in [0.1, 0.15) is 27.2 Å². The van der Waals surface area contributed by atoms with Crippen molar-refractivity contribution in [2.45, 2.75) is 39.3 Å². The monoisotopic (exact) mass is 240 g/mol. The van der Waals surface area contributed by atoms with Crippen LogP contribution in [0.15, 0.2) is 0 Å². The van der Waals surface area contributed by atoms with Crippen LogP contribution in [0.5, 0.6) is 0 Å². The fourth-order valence-corrected chi connectivity index (χ4v) is 2.97. The van der Waals surface area contributed by atoms with Crippen LogP contribution in [0.3, 0.4) is 0 Å². The van der Waals surface area contributed by atoms with Crippen molar-refractivity contribution in [2.24, 2.45) is 17.3 Å². The Kier molecular flexibility index (Phi) is 3.46. The molecule has 2 unspecified atom stereocenters. The normalized spacial score (nSPS) is 39.8. The summed E-state index contributed by atoms with van der Waals surface area (Å²) in [5.74, 6) is 0.777. The molecule has 17 heavy (non-hydrogen) atoms. The van der Waals surface area contributed by atoms with Crippen LogP contribution in [0.4, 0.5) is 0 Å². The first kappa shape index (κ1) is 12.8. The molecular weight excluding hydrogens is 216 g/mol. The second-order valence-electron chi connectivity index (χ2n) is 6.08. The molecule has 0 aromatic carbocycles. The van der Waals surface area contributed by atoms with E-state index in [2.05, 4.69) is 31.4 Å². The van der Waals surface area contributed by atoms with Gasteiger partial charge >= 0.3 is 0 Å². The van der Waals surface area contributed by atoms with Crippen LogP contribution >= 0.6 is 0 Å². The molecule has 4 atom stereocenters. The van der Waals surface area contributed by atoms with Crippen molar-refractivity contribution in [3.8, 4) is 0 Å². The highest BCUT2D eigenvalue weighted by atomic mass is 16.5. The van der Waals surface area contributed by atoms with Gasteiger partial charge < -0.3 is 15.4 Å². The summed E-state index contributed by atoms with van der Waals surface area (Å²) in [5.41, 5.74) is 0.0552. The van der Waals surface area contributed by atoms with E-state index in [0.29, 0.717) is 5.92 Å². The third-order valence-electron chi connectivity index (χ3n) is 4.63. The first-order valence-electron chi connectivity index (χ1n) is 6.50. The fourth-order valence-electron chi connectivity index (χ4n) is 2.97. The minimum Gasteiger partial charge on any atom is -0.381 e. The Labute approximate surface area is 103 Å². The molecule has 98 valence electrons. The lowest BCUT2D eigenvalue weighted by molar-refractivity contribution is -0.136. The number of rotatable bonds is 3. The topological polar surface area (TPSA) is 50.4 Å². The number of carbonyl (C=O) groups excluding carboxylic acids is 1. The molecule has 1 aliphatic carbocycles. The SMILES string of the molecule is COC1CC(NC(=O)[C@@H]2CNC[C@H]2C)C1(C)C. The average Bonchev–Trinajstić information content (AvgIpc) is 2.69. The van der Waals surface area contributed by atoms with Gasteiger partial charge in [0.15, 0.2) is 0 Å². The average molecular weight is 240 g/mol. The summed E-state index contributed by atoms with van der Waals surface area (Å²) in [5, 5.41) is 6.45. The van der Waals surface area contributed by atoms with Crippen LogP contribution in [0.2, 0.25) is 0 Å². The molecule has 0 aromatic heterocycles. The highest BCUT2D eigenvalue weighted by molar-refractivity contribution is 5.80. The fraction of sp³-hybridized carbons (Fsp3) is 0.923. The van der Waals surface area contributed by atoms with Gasteiger partial charge in [0, 0.05) is 25.1 Å². The Bertz CT molecular complexity index is 304. The van der Waals surface area contributed by atoms with Gasteiger partial charge in [-0.15, -0.1) is 0 Å². The van der Waals surface area contributed by atoms with Crippen molar-refractivity contribution in [1.82, 2.24) is 10.6 Å². The summed E-state index contributed by atoms with van der Waals surface area (Å²) in [6.45, 7) is 8.21. The van der Waals surface area contributed by atoms with Crippen molar-refractivity contribution in [3.63, 3.8) is 0 Å². The molecule has 1 heterocycles. The van der Waals surface area contributed by atoms with Gasteiger partial charge in [-0.2, -0.15) is 0 Å². The molecule has 0 bridgehead atoms.